The lowest BCUT2D eigenvalue weighted by molar-refractivity contribution is -0.0372. The summed E-state index contributed by atoms with van der Waals surface area (Å²) in [6.07, 6.45) is 9.33. The fourth-order valence-corrected chi connectivity index (χ4v) is 4.18. The molecule has 0 saturated carbocycles. The lowest BCUT2D eigenvalue weighted by atomic mass is 9.77. The number of aryl methyl sites for hydroxylation is 2. The molecule has 0 aliphatic carbocycles. The minimum Gasteiger partial charge on any atom is -0.356 e. The predicted octanol–water partition coefficient (Wildman–Crippen LogP) is 4.32. The van der Waals surface area contributed by atoms with Gasteiger partial charge in [-0.15, -0.1) is 13.0 Å². The highest BCUT2D eigenvalue weighted by Gasteiger charge is 2.33. The maximum absolute atomic E-state index is 5.80. The molecule has 0 amide bonds. The van der Waals surface area contributed by atoms with Gasteiger partial charge >= 0.3 is 0 Å². The van der Waals surface area contributed by atoms with Crippen molar-refractivity contribution in [3.8, 4) is 12.3 Å². The molecular weight excluding hydrogens is 346 g/mol. The highest BCUT2D eigenvalue weighted by atomic mass is 16.5. The molecule has 0 unspecified atom stereocenters. The number of nitrogens with zero attached hydrogens (tertiary/aromatic N) is 3. The van der Waals surface area contributed by atoms with Crippen LogP contribution in [0.1, 0.15) is 71.8 Å². The molecule has 1 fully saturated rings. The van der Waals surface area contributed by atoms with Crippen LogP contribution in [0.25, 0.3) is 0 Å². The monoisotopic (exact) mass is 385 g/mol. The molecule has 0 bridgehead atoms. The lowest BCUT2D eigenvalue weighted by Crippen LogP contribution is -2.46. The van der Waals surface area contributed by atoms with Crippen molar-refractivity contribution < 1.29 is 4.74 Å². The molecule has 0 radical (unpaired) electrons. The molecule has 1 aliphatic heterocycles. The summed E-state index contributed by atoms with van der Waals surface area (Å²) in [5, 5.41) is 5.03. The molecule has 0 N–H and O–H groups in total. The van der Waals surface area contributed by atoms with Crippen LogP contribution in [-0.4, -0.2) is 46.5 Å². The van der Waals surface area contributed by atoms with Crippen LogP contribution in [0.3, 0.4) is 0 Å². The summed E-state index contributed by atoms with van der Waals surface area (Å²) in [4.78, 5) is 2.39. The summed E-state index contributed by atoms with van der Waals surface area (Å²) >= 11 is 0. The number of ether oxygens (including phenoxy) is 1. The topological polar surface area (TPSA) is 30.3 Å². The quantitative estimate of drug-likeness (QED) is 0.540. The molecule has 1 aromatic heterocycles. The van der Waals surface area contributed by atoms with Crippen LogP contribution in [0, 0.1) is 12.3 Å². The van der Waals surface area contributed by atoms with Crippen molar-refractivity contribution >= 4 is 0 Å². The van der Waals surface area contributed by atoms with E-state index in [0.717, 1.165) is 39.0 Å². The number of rotatable bonds is 6. The summed E-state index contributed by atoms with van der Waals surface area (Å²) in [7, 11) is 0. The van der Waals surface area contributed by atoms with E-state index in [1.165, 1.54) is 17.0 Å². The minimum atomic E-state index is -0.147. The van der Waals surface area contributed by atoms with Crippen LogP contribution in [0.4, 0.5) is 0 Å². The van der Waals surface area contributed by atoms with Crippen molar-refractivity contribution in [3.63, 3.8) is 0 Å². The summed E-state index contributed by atoms with van der Waals surface area (Å²) < 4.78 is 8.07. The van der Waals surface area contributed by atoms with E-state index in [1.807, 2.05) is 6.08 Å². The molecule has 4 nitrogen and oxygen atoms in total. The van der Waals surface area contributed by atoms with Gasteiger partial charge in [-0.1, -0.05) is 60.5 Å². The standard InChI is InChI=1S/C24H39N3O/c1-10-18-16-26(17-19(11-2)28-18)14-13-15-27-22(24(7,8)9)21(23(4,5)6)20(12-3)25-27/h1,11,18-19H,2,12-17H2,3-9H3/t18-,19+/m0/s1. The number of aromatic nitrogens is 2. The number of hydrogen-bond donors (Lipinski definition) is 0. The Morgan fingerprint density at radius 2 is 1.86 bits per heavy atom. The smallest absolute Gasteiger partial charge is 0.131 e. The van der Waals surface area contributed by atoms with E-state index in [1.54, 1.807) is 0 Å². The van der Waals surface area contributed by atoms with Gasteiger partial charge < -0.3 is 4.74 Å². The third kappa shape index (κ3) is 5.27. The molecule has 2 heterocycles. The average Bonchev–Trinajstić information content (AvgIpc) is 3.00. The molecule has 4 heteroatoms. The van der Waals surface area contributed by atoms with Gasteiger partial charge in [0.2, 0.25) is 0 Å². The highest BCUT2D eigenvalue weighted by molar-refractivity contribution is 5.37. The zero-order valence-corrected chi connectivity index (χ0v) is 19.0. The Morgan fingerprint density at radius 3 is 2.36 bits per heavy atom. The molecule has 0 aromatic carbocycles. The van der Waals surface area contributed by atoms with Gasteiger partial charge in [-0.05, 0) is 18.3 Å². The Kier molecular flexibility index (Phi) is 7.17. The van der Waals surface area contributed by atoms with E-state index in [0.29, 0.717) is 0 Å². The molecule has 1 aliphatic rings. The first-order chi connectivity index (χ1) is 13.0. The van der Waals surface area contributed by atoms with Crippen molar-refractivity contribution in [3.05, 3.63) is 29.6 Å². The second-order valence-corrected chi connectivity index (χ2v) is 9.93. The first kappa shape index (κ1) is 22.7. The molecule has 28 heavy (non-hydrogen) atoms. The van der Waals surface area contributed by atoms with Crippen LogP contribution in [0.2, 0.25) is 0 Å². The third-order valence-electron chi connectivity index (χ3n) is 5.31. The minimum absolute atomic E-state index is 0.0174. The molecule has 156 valence electrons. The van der Waals surface area contributed by atoms with E-state index in [2.05, 4.69) is 70.5 Å². The SMILES string of the molecule is C#C[C@H]1CN(CCCn2nc(CC)c(C(C)(C)C)c2C(C)(C)C)C[C@@H](C=C)O1. The zero-order valence-electron chi connectivity index (χ0n) is 19.0. The lowest BCUT2D eigenvalue weighted by Gasteiger charge is -2.35. The van der Waals surface area contributed by atoms with Crippen molar-refractivity contribution in [1.82, 2.24) is 14.7 Å². The van der Waals surface area contributed by atoms with E-state index in [4.69, 9.17) is 16.3 Å². The van der Waals surface area contributed by atoms with Crippen LogP contribution in [0.5, 0.6) is 0 Å². The molecular formula is C24H39N3O. The van der Waals surface area contributed by atoms with E-state index in [-0.39, 0.29) is 23.0 Å². The number of morpholine rings is 1. The number of hydrogen-bond acceptors (Lipinski definition) is 3. The van der Waals surface area contributed by atoms with Gasteiger partial charge in [-0.25, -0.2) is 0 Å². The zero-order chi connectivity index (χ0) is 21.1. The normalized spacial score (nSPS) is 21.5. The van der Waals surface area contributed by atoms with Gasteiger partial charge in [0.15, 0.2) is 0 Å². The Bertz CT molecular complexity index is 712. The highest BCUT2D eigenvalue weighted by Crippen LogP contribution is 2.36. The van der Waals surface area contributed by atoms with Crippen LogP contribution < -0.4 is 0 Å². The van der Waals surface area contributed by atoms with Gasteiger partial charge in [0.25, 0.3) is 0 Å². The fraction of sp³-hybridized carbons (Fsp3) is 0.708. The maximum atomic E-state index is 5.80. The fourth-order valence-electron chi connectivity index (χ4n) is 4.18. The summed E-state index contributed by atoms with van der Waals surface area (Å²) in [5.41, 5.74) is 4.19. The van der Waals surface area contributed by atoms with Crippen molar-refractivity contribution in [2.45, 2.75) is 90.9 Å². The van der Waals surface area contributed by atoms with Crippen LogP contribution in [-0.2, 0) is 28.5 Å². The first-order valence-electron chi connectivity index (χ1n) is 10.6. The van der Waals surface area contributed by atoms with Gasteiger partial charge in [0.1, 0.15) is 6.10 Å². The van der Waals surface area contributed by atoms with Gasteiger partial charge in [-0.3, -0.25) is 9.58 Å². The van der Waals surface area contributed by atoms with Gasteiger partial charge in [0.05, 0.1) is 11.8 Å². The molecule has 1 saturated heterocycles. The maximum Gasteiger partial charge on any atom is 0.131 e. The third-order valence-corrected chi connectivity index (χ3v) is 5.31. The van der Waals surface area contributed by atoms with Gasteiger partial charge in [0, 0.05) is 42.9 Å². The summed E-state index contributed by atoms with van der Waals surface area (Å²) in [6, 6.07) is 0. The summed E-state index contributed by atoms with van der Waals surface area (Å²) in [6.45, 7) is 23.4. The molecule has 2 atom stereocenters. The molecule has 0 spiro atoms. The average molecular weight is 386 g/mol. The van der Waals surface area contributed by atoms with E-state index in [9.17, 15) is 0 Å². The summed E-state index contributed by atoms with van der Waals surface area (Å²) in [5.74, 6) is 2.74. The Hall–Kier alpha value is -1.57. The van der Waals surface area contributed by atoms with Crippen LogP contribution >= 0.6 is 0 Å². The van der Waals surface area contributed by atoms with Crippen LogP contribution in [0.15, 0.2) is 12.7 Å². The van der Waals surface area contributed by atoms with Crippen molar-refractivity contribution in [2.75, 3.05) is 19.6 Å². The Morgan fingerprint density at radius 1 is 1.18 bits per heavy atom. The first-order valence-corrected chi connectivity index (χ1v) is 10.6. The van der Waals surface area contributed by atoms with E-state index < -0.39 is 0 Å². The van der Waals surface area contributed by atoms with E-state index >= 15 is 0 Å². The molecule has 1 aromatic rings. The van der Waals surface area contributed by atoms with Gasteiger partial charge in [-0.2, -0.15) is 5.10 Å². The largest absolute Gasteiger partial charge is 0.356 e. The second kappa shape index (κ2) is 8.84. The Balaban J connectivity index is 2.17. The number of terminal acetylenes is 1. The van der Waals surface area contributed by atoms with Crippen molar-refractivity contribution in [1.29, 1.82) is 0 Å². The molecule has 2 rings (SSSR count). The van der Waals surface area contributed by atoms with Crippen molar-refractivity contribution in [2.24, 2.45) is 0 Å². The second-order valence-electron chi connectivity index (χ2n) is 9.93. The Labute approximate surface area is 172 Å². The predicted molar refractivity (Wildman–Crippen MR) is 118 cm³/mol.